The van der Waals surface area contributed by atoms with Gasteiger partial charge in [0.05, 0.1) is 49.2 Å². The van der Waals surface area contributed by atoms with Crippen LogP contribution in [0.5, 0.6) is 0 Å². The molecule has 12 heteroatoms. The smallest absolute Gasteiger partial charge is 0.147 e. The predicted octanol–water partition coefficient (Wildman–Crippen LogP) is 20.8. The van der Waals surface area contributed by atoms with E-state index in [1.54, 1.807) is 18.3 Å². The fourth-order valence-corrected chi connectivity index (χ4v) is 15.4. The van der Waals surface area contributed by atoms with Gasteiger partial charge in [-0.15, -0.1) is 22.7 Å². The summed E-state index contributed by atoms with van der Waals surface area (Å²) in [5.74, 6) is 0.893. The maximum absolute atomic E-state index is 5.60. The minimum absolute atomic E-state index is 0.646. The summed E-state index contributed by atoms with van der Waals surface area (Å²) < 4.78 is 13.0. The minimum Gasteiger partial charge on any atom is -0.338 e. The van der Waals surface area contributed by atoms with E-state index < -0.39 is 0 Å². The van der Waals surface area contributed by atoms with E-state index in [1.807, 2.05) is 59.2 Å². The van der Waals surface area contributed by atoms with Gasteiger partial charge in [0, 0.05) is 102 Å². The zero-order chi connectivity index (χ0) is 55.6. The fraction of sp³-hybridized carbons (Fsp3) is 0. The molecule has 9 aromatic heterocycles. The number of fused-ring (bicyclic) bond motifs is 23. The van der Waals surface area contributed by atoms with Crippen LogP contribution >= 0.6 is 50.2 Å². The first-order valence-electron chi connectivity index (χ1n) is 27.6. The van der Waals surface area contributed by atoms with Gasteiger partial charge in [-0.25, -0.2) is 19.9 Å². The summed E-state index contributed by atoms with van der Waals surface area (Å²) in [4.78, 5) is 22.3. The van der Waals surface area contributed by atoms with E-state index in [9.17, 15) is 0 Å². The molecule has 0 fully saturated rings. The highest BCUT2D eigenvalue weighted by molar-refractivity contribution is 9.10. The second kappa shape index (κ2) is 19.4. The number of nitrogens with zero attached hydrogens (tertiary/aromatic N) is 7. The first-order valence-corrected chi connectivity index (χ1v) is 30.4. The van der Waals surface area contributed by atoms with E-state index in [0.29, 0.717) is 9.63 Å². The summed E-state index contributed by atoms with van der Waals surface area (Å²) in [6, 6.07) is 83.8. The molecule has 9 heterocycles. The number of thiophene rings is 2. The van der Waals surface area contributed by atoms with Crippen molar-refractivity contribution in [3.05, 3.63) is 259 Å². The minimum atomic E-state index is 0.646. The van der Waals surface area contributed by atoms with Gasteiger partial charge in [-0.2, -0.15) is 0 Å². The van der Waals surface area contributed by atoms with E-state index in [-0.39, 0.29) is 0 Å². The molecular formula is C72H42BrClN8S2. The lowest BCUT2D eigenvalue weighted by Gasteiger charge is -2.10. The third-order valence-corrected chi connectivity index (χ3v) is 19.8. The Labute approximate surface area is 499 Å². The van der Waals surface area contributed by atoms with Crippen LogP contribution < -0.4 is 0 Å². The number of rotatable bonds is 3. The second-order valence-corrected chi connectivity index (χ2v) is 24.1. The number of aromatic amines is 1. The van der Waals surface area contributed by atoms with Crippen molar-refractivity contribution in [3.8, 4) is 22.8 Å². The van der Waals surface area contributed by atoms with Crippen molar-refractivity contribution in [1.29, 1.82) is 0 Å². The average molecular weight is 1200 g/mol. The number of nitrogens with one attached hydrogen (secondary N) is 1. The maximum atomic E-state index is 5.60. The van der Waals surface area contributed by atoms with Crippen LogP contribution in [0.15, 0.2) is 254 Å². The van der Waals surface area contributed by atoms with Gasteiger partial charge in [-0.3, -0.25) is 4.40 Å². The van der Waals surface area contributed by atoms with E-state index in [0.717, 1.165) is 66.9 Å². The molecule has 396 valence electrons. The maximum Gasteiger partial charge on any atom is 0.147 e. The Morgan fingerprint density at radius 3 is 1.63 bits per heavy atom. The fourth-order valence-electron chi connectivity index (χ4n) is 12.5. The monoisotopic (exact) mass is 1200 g/mol. The Bertz CT molecular complexity index is 5800. The summed E-state index contributed by atoms with van der Waals surface area (Å²) in [5, 5.41) is 14.5. The van der Waals surface area contributed by atoms with Crippen LogP contribution in [0.25, 0.3) is 156 Å². The lowest BCUT2D eigenvalue weighted by atomic mass is 10.0. The van der Waals surface area contributed by atoms with Crippen molar-refractivity contribution in [2.45, 2.75) is 0 Å². The van der Waals surface area contributed by atoms with Gasteiger partial charge in [0.15, 0.2) is 0 Å². The molecule has 0 aliphatic rings. The number of para-hydroxylation sites is 6. The number of halogens is 2. The average Bonchev–Trinajstić information content (AvgIpc) is 2.20. The van der Waals surface area contributed by atoms with Crippen molar-refractivity contribution in [2.24, 2.45) is 0 Å². The number of benzene rings is 10. The largest absolute Gasteiger partial charge is 0.338 e. The molecule has 19 aromatic rings. The zero-order valence-corrected chi connectivity index (χ0v) is 48.3. The van der Waals surface area contributed by atoms with Crippen LogP contribution in [0.2, 0.25) is 5.02 Å². The number of imidazole rings is 2. The van der Waals surface area contributed by atoms with Gasteiger partial charge in [0.2, 0.25) is 0 Å². The normalized spacial score (nSPS) is 11.9. The van der Waals surface area contributed by atoms with Gasteiger partial charge in [-0.1, -0.05) is 133 Å². The van der Waals surface area contributed by atoms with E-state index in [4.69, 9.17) is 26.6 Å². The zero-order valence-electron chi connectivity index (χ0n) is 44.4. The molecule has 0 saturated heterocycles. The SMILES string of the molecule is Clc1cccnc1Br.c1ccc(-n2c3cc(-c4nc5ccccc5[nH]4)ccc3c3c4sc5ccccc5c4ccc32)cc1.c1ccc(-n2c3cc4c(cc3c3c5sc6ccccc6c5ccc32)c2cccnc2n2c3ccccc3nc42)cc1. The third-order valence-electron chi connectivity index (χ3n) is 16.2. The van der Waals surface area contributed by atoms with Gasteiger partial charge in [-0.05, 0) is 137 Å². The molecule has 0 atom stereocenters. The molecule has 8 nitrogen and oxygen atoms in total. The molecule has 84 heavy (non-hydrogen) atoms. The Balaban J connectivity index is 0.000000118. The molecule has 0 bridgehead atoms. The quantitative estimate of drug-likeness (QED) is 0.141. The highest BCUT2D eigenvalue weighted by Gasteiger charge is 2.23. The van der Waals surface area contributed by atoms with Crippen LogP contribution in [-0.2, 0) is 0 Å². The second-order valence-electron chi connectivity index (χ2n) is 20.9. The molecule has 0 aliphatic carbocycles. The standard InChI is InChI=1S/C36H20N4S.C31H19N3S.C5H3BrClN/c1-2-9-21(10-3-1)39-30-17-16-23-22-11-4-7-15-32(22)41-34(23)33(30)27-19-25-24-12-8-18-37-35(24)40-29-14-6-5-13-28(29)38-36(40)26(25)20-31(27)39;1-2-8-20(9-3-1)34-26-17-16-22-21-10-4-7-13-28(21)35-30(22)29(26)23-15-14-19(18-27(23)34)31-32-24-11-5-6-12-25(24)33-31;6-5-4(7)2-1-3-8-5/h1-20H;1-18H,(H,32,33);1-3H. The Morgan fingerprint density at radius 1 is 0.393 bits per heavy atom. The first-order chi connectivity index (χ1) is 41.5. The number of H-pyrrole nitrogens is 1. The van der Waals surface area contributed by atoms with Crippen molar-refractivity contribution >= 4 is 184 Å². The molecule has 0 amide bonds. The molecular weight excluding hydrogens is 1160 g/mol. The highest BCUT2D eigenvalue weighted by atomic mass is 79.9. The number of pyridine rings is 3. The van der Waals surface area contributed by atoms with Crippen LogP contribution in [0.3, 0.4) is 0 Å². The molecule has 0 radical (unpaired) electrons. The van der Waals surface area contributed by atoms with Gasteiger partial charge in [0.1, 0.15) is 21.7 Å². The van der Waals surface area contributed by atoms with Crippen molar-refractivity contribution in [1.82, 2.24) is 38.5 Å². The van der Waals surface area contributed by atoms with Crippen LogP contribution in [-0.4, -0.2) is 38.5 Å². The lowest BCUT2D eigenvalue weighted by Crippen LogP contribution is -1.95. The topological polar surface area (TPSA) is 81.6 Å². The summed E-state index contributed by atoms with van der Waals surface area (Å²) in [6.45, 7) is 0. The number of hydrogen-bond donors (Lipinski definition) is 1. The Morgan fingerprint density at radius 2 is 0.964 bits per heavy atom. The van der Waals surface area contributed by atoms with Crippen molar-refractivity contribution in [3.63, 3.8) is 0 Å². The first kappa shape index (κ1) is 48.9. The molecule has 0 unspecified atom stereocenters. The number of aromatic nitrogens is 8. The predicted molar refractivity (Wildman–Crippen MR) is 358 cm³/mol. The number of hydrogen-bond acceptors (Lipinski definition) is 6. The van der Waals surface area contributed by atoms with Crippen LogP contribution in [0.4, 0.5) is 0 Å². The van der Waals surface area contributed by atoms with Crippen molar-refractivity contribution < 1.29 is 0 Å². The molecule has 0 saturated carbocycles. The molecule has 1 N–H and O–H groups in total. The van der Waals surface area contributed by atoms with Crippen LogP contribution in [0.1, 0.15) is 0 Å². The van der Waals surface area contributed by atoms with E-state index in [2.05, 4.69) is 234 Å². The van der Waals surface area contributed by atoms with Crippen molar-refractivity contribution in [2.75, 3.05) is 0 Å². The Hall–Kier alpha value is -9.75. The van der Waals surface area contributed by atoms with Crippen LogP contribution in [0, 0.1) is 0 Å². The summed E-state index contributed by atoms with van der Waals surface area (Å²) in [6.07, 6.45) is 3.55. The summed E-state index contributed by atoms with van der Waals surface area (Å²) in [7, 11) is 0. The lowest BCUT2D eigenvalue weighted by molar-refractivity contribution is 1.18. The molecule has 10 aromatic carbocycles. The van der Waals surface area contributed by atoms with E-state index in [1.165, 1.54) is 89.3 Å². The van der Waals surface area contributed by atoms with Gasteiger partial charge in [0.25, 0.3) is 0 Å². The molecule has 0 spiro atoms. The van der Waals surface area contributed by atoms with Gasteiger partial charge < -0.3 is 14.1 Å². The molecule has 19 rings (SSSR count). The Kier molecular flexibility index (Phi) is 11.3. The summed E-state index contributed by atoms with van der Waals surface area (Å²) >= 11 is 12.5. The highest BCUT2D eigenvalue weighted by Crippen LogP contribution is 2.47. The third kappa shape index (κ3) is 7.63. The van der Waals surface area contributed by atoms with E-state index >= 15 is 0 Å². The van der Waals surface area contributed by atoms with Gasteiger partial charge >= 0.3 is 0 Å². The molecule has 0 aliphatic heterocycles. The summed E-state index contributed by atoms with van der Waals surface area (Å²) in [5.41, 5.74) is 14.2.